The molecule has 18 heavy (non-hydrogen) atoms. The van der Waals surface area contributed by atoms with Gasteiger partial charge in [-0.2, -0.15) is 0 Å². The Morgan fingerprint density at radius 2 is 1.94 bits per heavy atom. The van der Waals surface area contributed by atoms with E-state index in [9.17, 15) is 4.79 Å². The second-order valence-corrected chi connectivity index (χ2v) is 5.43. The summed E-state index contributed by atoms with van der Waals surface area (Å²) in [6.45, 7) is 7.64. The van der Waals surface area contributed by atoms with Crippen molar-refractivity contribution in [3.8, 4) is 0 Å². The van der Waals surface area contributed by atoms with Crippen LogP contribution in [-0.4, -0.2) is 29.8 Å². The van der Waals surface area contributed by atoms with Crippen LogP contribution in [0.2, 0.25) is 10.0 Å². The molecule has 0 aliphatic rings. The van der Waals surface area contributed by atoms with Crippen LogP contribution in [0.1, 0.15) is 37.6 Å². The first-order valence-corrected chi connectivity index (χ1v) is 6.93. The molecule has 100 valence electrons. The third-order valence-electron chi connectivity index (χ3n) is 2.83. The molecule has 2 nitrogen and oxygen atoms in total. The molecule has 0 saturated heterocycles. The molecule has 0 amide bonds. The highest BCUT2D eigenvalue weighted by molar-refractivity contribution is 6.42. The van der Waals surface area contributed by atoms with E-state index >= 15 is 0 Å². The van der Waals surface area contributed by atoms with Gasteiger partial charge in [-0.1, -0.05) is 30.1 Å². The molecule has 0 aromatic heterocycles. The molecular formula is C14H19Cl2NO. The monoisotopic (exact) mass is 287 g/mol. The Morgan fingerprint density at radius 1 is 1.28 bits per heavy atom. The van der Waals surface area contributed by atoms with Gasteiger partial charge >= 0.3 is 0 Å². The number of carbonyl (C=O) groups is 1. The van der Waals surface area contributed by atoms with Gasteiger partial charge < -0.3 is 0 Å². The Bertz CT molecular complexity index is 418. The zero-order valence-electron chi connectivity index (χ0n) is 11.0. The number of hydrogen-bond donors (Lipinski definition) is 0. The first-order valence-electron chi connectivity index (χ1n) is 6.18. The van der Waals surface area contributed by atoms with Gasteiger partial charge in [0.15, 0.2) is 5.78 Å². The third kappa shape index (κ3) is 4.27. The first kappa shape index (κ1) is 15.5. The predicted molar refractivity (Wildman–Crippen MR) is 77.8 cm³/mol. The Hall–Kier alpha value is -0.570. The largest absolute Gasteiger partial charge is 0.293 e. The molecule has 1 aromatic carbocycles. The smallest absolute Gasteiger partial charge is 0.176 e. The fourth-order valence-electron chi connectivity index (χ4n) is 1.75. The van der Waals surface area contributed by atoms with E-state index in [0.717, 1.165) is 13.0 Å². The molecule has 0 atom stereocenters. The maximum Gasteiger partial charge on any atom is 0.176 e. The molecule has 0 saturated carbocycles. The molecule has 1 aromatic rings. The molecule has 1 rings (SSSR count). The summed E-state index contributed by atoms with van der Waals surface area (Å²) in [5, 5.41) is 0.900. The number of ketones is 1. The zero-order valence-corrected chi connectivity index (χ0v) is 12.6. The number of halogens is 2. The van der Waals surface area contributed by atoms with Crippen molar-refractivity contribution < 1.29 is 4.79 Å². The summed E-state index contributed by atoms with van der Waals surface area (Å²) < 4.78 is 0. The van der Waals surface area contributed by atoms with Gasteiger partial charge in [0, 0.05) is 11.6 Å². The summed E-state index contributed by atoms with van der Waals surface area (Å²) in [7, 11) is 0. The van der Waals surface area contributed by atoms with Gasteiger partial charge in [-0.15, -0.1) is 0 Å². The van der Waals surface area contributed by atoms with E-state index in [2.05, 4.69) is 25.7 Å². The minimum absolute atomic E-state index is 0.0794. The van der Waals surface area contributed by atoms with Gasteiger partial charge in [0.1, 0.15) is 0 Å². The lowest BCUT2D eigenvalue weighted by Gasteiger charge is -2.25. The average Bonchev–Trinajstić information content (AvgIpc) is 2.31. The number of nitrogens with zero attached hydrogens (tertiary/aromatic N) is 1. The lowest BCUT2D eigenvalue weighted by Crippen LogP contribution is -2.36. The number of Topliss-reactive ketones (excluding diaryl/α,β-unsaturated/α-hetero) is 1. The van der Waals surface area contributed by atoms with Crippen LogP contribution in [0.15, 0.2) is 18.2 Å². The Kier molecular flexibility index (Phi) is 6.13. The Labute approximate surface area is 119 Å². The van der Waals surface area contributed by atoms with E-state index in [1.165, 1.54) is 0 Å². The second kappa shape index (κ2) is 7.13. The van der Waals surface area contributed by atoms with Crippen molar-refractivity contribution in [3.63, 3.8) is 0 Å². The highest BCUT2D eigenvalue weighted by atomic mass is 35.5. The fourth-order valence-corrected chi connectivity index (χ4v) is 2.05. The van der Waals surface area contributed by atoms with E-state index in [-0.39, 0.29) is 5.78 Å². The molecule has 0 aliphatic carbocycles. The summed E-state index contributed by atoms with van der Waals surface area (Å²) in [6.07, 6.45) is 1.03. The van der Waals surface area contributed by atoms with Gasteiger partial charge in [0.25, 0.3) is 0 Å². The van der Waals surface area contributed by atoms with Crippen LogP contribution in [0.4, 0.5) is 0 Å². The summed E-state index contributed by atoms with van der Waals surface area (Å²) in [6, 6.07) is 5.38. The van der Waals surface area contributed by atoms with Crippen molar-refractivity contribution >= 4 is 29.0 Å². The van der Waals surface area contributed by atoms with Crippen LogP contribution in [-0.2, 0) is 0 Å². The van der Waals surface area contributed by atoms with Crippen LogP contribution in [0.25, 0.3) is 0 Å². The zero-order chi connectivity index (χ0) is 13.7. The van der Waals surface area contributed by atoms with E-state index in [1.54, 1.807) is 18.2 Å². The molecule has 0 fully saturated rings. The maximum absolute atomic E-state index is 12.2. The Balaban J connectivity index is 2.77. The van der Waals surface area contributed by atoms with Crippen molar-refractivity contribution in [1.82, 2.24) is 4.90 Å². The minimum atomic E-state index is 0.0794. The predicted octanol–water partition coefficient (Wildman–Crippen LogP) is 4.30. The van der Waals surface area contributed by atoms with Crippen molar-refractivity contribution in [2.45, 2.75) is 33.2 Å². The molecule has 4 heteroatoms. The molecule has 0 spiro atoms. The van der Waals surface area contributed by atoms with E-state index in [1.807, 2.05) is 0 Å². The van der Waals surface area contributed by atoms with Gasteiger partial charge in [-0.3, -0.25) is 9.69 Å². The SMILES string of the molecule is CCCN(CC(=O)c1ccc(Cl)c(Cl)c1)C(C)C. The van der Waals surface area contributed by atoms with Crippen molar-refractivity contribution in [2.75, 3.05) is 13.1 Å². The second-order valence-electron chi connectivity index (χ2n) is 4.62. The van der Waals surface area contributed by atoms with Crippen molar-refractivity contribution in [2.24, 2.45) is 0 Å². The van der Waals surface area contributed by atoms with E-state index in [4.69, 9.17) is 23.2 Å². The molecule has 0 radical (unpaired) electrons. The van der Waals surface area contributed by atoms with Crippen molar-refractivity contribution in [1.29, 1.82) is 0 Å². The molecule has 0 heterocycles. The van der Waals surface area contributed by atoms with Crippen LogP contribution < -0.4 is 0 Å². The molecule has 0 unspecified atom stereocenters. The molecular weight excluding hydrogens is 269 g/mol. The minimum Gasteiger partial charge on any atom is -0.293 e. The number of rotatable bonds is 6. The van der Waals surface area contributed by atoms with Crippen molar-refractivity contribution in [3.05, 3.63) is 33.8 Å². The van der Waals surface area contributed by atoms with Crippen LogP contribution in [0, 0.1) is 0 Å². The summed E-state index contributed by atoms with van der Waals surface area (Å²) in [4.78, 5) is 14.3. The lowest BCUT2D eigenvalue weighted by molar-refractivity contribution is 0.0906. The first-order chi connectivity index (χ1) is 8.45. The van der Waals surface area contributed by atoms with Gasteiger partial charge in [-0.25, -0.2) is 0 Å². The highest BCUT2D eigenvalue weighted by Crippen LogP contribution is 2.23. The molecule has 0 aliphatic heterocycles. The van der Waals surface area contributed by atoms with Gasteiger partial charge in [0.2, 0.25) is 0 Å². The normalized spacial score (nSPS) is 11.3. The molecule has 0 N–H and O–H groups in total. The maximum atomic E-state index is 12.2. The van der Waals surface area contributed by atoms with Gasteiger partial charge in [-0.05, 0) is 45.0 Å². The lowest BCUT2D eigenvalue weighted by atomic mass is 10.1. The van der Waals surface area contributed by atoms with Gasteiger partial charge in [0.05, 0.1) is 16.6 Å². The standard InChI is InChI=1S/C14H19Cl2NO/c1-4-7-17(10(2)3)9-14(18)11-5-6-12(15)13(16)8-11/h5-6,8,10H,4,7,9H2,1-3H3. The topological polar surface area (TPSA) is 20.3 Å². The quantitative estimate of drug-likeness (QED) is 0.727. The summed E-state index contributed by atoms with van der Waals surface area (Å²) in [5.41, 5.74) is 0.617. The van der Waals surface area contributed by atoms with E-state index in [0.29, 0.717) is 28.2 Å². The highest BCUT2D eigenvalue weighted by Gasteiger charge is 2.15. The summed E-state index contributed by atoms with van der Waals surface area (Å²) >= 11 is 11.8. The number of carbonyl (C=O) groups excluding carboxylic acids is 1. The van der Waals surface area contributed by atoms with Crippen LogP contribution in [0.5, 0.6) is 0 Å². The number of hydrogen-bond acceptors (Lipinski definition) is 2. The van der Waals surface area contributed by atoms with E-state index < -0.39 is 0 Å². The third-order valence-corrected chi connectivity index (χ3v) is 3.57. The fraction of sp³-hybridized carbons (Fsp3) is 0.500. The average molecular weight is 288 g/mol. The number of benzene rings is 1. The Morgan fingerprint density at radius 3 is 2.44 bits per heavy atom. The molecule has 0 bridgehead atoms. The summed E-state index contributed by atoms with van der Waals surface area (Å²) in [5.74, 6) is 0.0794. The van der Waals surface area contributed by atoms with Crippen LogP contribution in [0.3, 0.4) is 0 Å². The van der Waals surface area contributed by atoms with Crippen LogP contribution >= 0.6 is 23.2 Å².